The molecule has 0 heterocycles. The van der Waals surface area contributed by atoms with Crippen LogP contribution in [0.3, 0.4) is 0 Å². The second-order valence-corrected chi connectivity index (χ2v) is 7.15. The van der Waals surface area contributed by atoms with Crippen molar-refractivity contribution in [1.82, 2.24) is 10.2 Å². The van der Waals surface area contributed by atoms with Gasteiger partial charge in [0.25, 0.3) is 0 Å². The first kappa shape index (κ1) is 14.3. The summed E-state index contributed by atoms with van der Waals surface area (Å²) < 4.78 is 0. The van der Waals surface area contributed by atoms with E-state index in [1.807, 2.05) is 0 Å². The van der Waals surface area contributed by atoms with Crippen molar-refractivity contribution in [2.75, 3.05) is 19.6 Å². The third-order valence-corrected chi connectivity index (χ3v) is 4.92. The van der Waals surface area contributed by atoms with Gasteiger partial charge in [-0.05, 0) is 56.5 Å². The van der Waals surface area contributed by atoms with Crippen molar-refractivity contribution in [3.05, 3.63) is 0 Å². The van der Waals surface area contributed by atoms with Crippen molar-refractivity contribution in [1.29, 1.82) is 0 Å². The first-order valence-corrected chi connectivity index (χ1v) is 8.03. The van der Waals surface area contributed by atoms with Crippen LogP contribution in [0.25, 0.3) is 0 Å². The van der Waals surface area contributed by atoms with Crippen LogP contribution in [0.4, 0.5) is 0 Å². The summed E-state index contributed by atoms with van der Waals surface area (Å²) in [5.74, 6) is 0.856. The Morgan fingerprint density at radius 3 is 2.44 bits per heavy atom. The molecule has 106 valence electrons. The minimum Gasteiger partial charge on any atom is -0.314 e. The average molecular weight is 252 g/mol. The first-order valence-electron chi connectivity index (χ1n) is 8.03. The van der Waals surface area contributed by atoms with Gasteiger partial charge in [-0.25, -0.2) is 0 Å². The van der Waals surface area contributed by atoms with Gasteiger partial charge in [0, 0.05) is 18.6 Å². The SMILES string of the molecule is CCNC1CCC(C)(C)CC1CN(CC)C1CC1. The normalized spacial score (nSPS) is 31.8. The standard InChI is InChI=1S/C16H32N2/c1-5-17-15-9-10-16(3,4)11-13(15)12-18(6-2)14-7-8-14/h13-15,17H,5-12H2,1-4H3. The van der Waals surface area contributed by atoms with Crippen molar-refractivity contribution < 1.29 is 0 Å². The Kier molecular flexibility index (Phi) is 4.71. The Bertz CT molecular complexity index is 258. The molecule has 2 atom stereocenters. The smallest absolute Gasteiger partial charge is 0.0108 e. The fourth-order valence-corrected chi connectivity index (χ4v) is 3.74. The van der Waals surface area contributed by atoms with E-state index < -0.39 is 0 Å². The van der Waals surface area contributed by atoms with Crippen LogP contribution < -0.4 is 5.32 Å². The van der Waals surface area contributed by atoms with Crippen molar-refractivity contribution in [3.63, 3.8) is 0 Å². The molecule has 2 aliphatic rings. The largest absolute Gasteiger partial charge is 0.314 e. The minimum absolute atomic E-state index is 0.555. The summed E-state index contributed by atoms with van der Waals surface area (Å²) in [4.78, 5) is 2.73. The Balaban J connectivity index is 1.95. The lowest BCUT2D eigenvalue weighted by Gasteiger charge is -2.43. The maximum atomic E-state index is 3.73. The zero-order valence-electron chi connectivity index (χ0n) is 12.8. The summed E-state index contributed by atoms with van der Waals surface area (Å²) in [5, 5.41) is 3.73. The van der Waals surface area contributed by atoms with Gasteiger partial charge in [-0.2, -0.15) is 0 Å². The molecule has 2 unspecified atom stereocenters. The summed E-state index contributed by atoms with van der Waals surface area (Å²) in [5.41, 5.74) is 0.555. The molecule has 0 saturated heterocycles. The van der Waals surface area contributed by atoms with Gasteiger partial charge >= 0.3 is 0 Å². The average Bonchev–Trinajstić information content (AvgIpc) is 3.13. The van der Waals surface area contributed by atoms with E-state index in [0.717, 1.165) is 24.5 Å². The topological polar surface area (TPSA) is 15.3 Å². The number of nitrogens with zero attached hydrogens (tertiary/aromatic N) is 1. The maximum Gasteiger partial charge on any atom is 0.0108 e. The quantitative estimate of drug-likeness (QED) is 0.780. The van der Waals surface area contributed by atoms with Crippen LogP contribution in [0.1, 0.15) is 59.8 Å². The summed E-state index contributed by atoms with van der Waals surface area (Å²) >= 11 is 0. The second-order valence-electron chi connectivity index (χ2n) is 7.15. The third kappa shape index (κ3) is 3.71. The van der Waals surface area contributed by atoms with Gasteiger partial charge in [-0.15, -0.1) is 0 Å². The Morgan fingerprint density at radius 2 is 1.89 bits per heavy atom. The van der Waals surface area contributed by atoms with E-state index in [9.17, 15) is 0 Å². The molecule has 2 nitrogen and oxygen atoms in total. The Hall–Kier alpha value is -0.0800. The van der Waals surface area contributed by atoms with Gasteiger partial charge in [-0.3, -0.25) is 0 Å². The minimum atomic E-state index is 0.555. The van der Waals surface area contributed by atoms with E-state index in [2.05, 4.69) is 37.9 Å². The van der Waals surface area contributed by atoms with Gasteiger partial charge in [0.2, 0.25) is 0 Å². The fourth-order valence-electron chi connectivity index (χ4n) is 3.74. The number of hydrogen-bond acceptors (Lipinski definition) is 2. The monoisotopic (exact) mass is 252 g/mol. The molecule has 0 spiro atoms. The van der Waals surface area contributed by atoms with Crippen molar-refractivity contribution >= 4 is 0 Å². The molecule has 0 aromatic carbocycles. The molecule has 0 amide bonds. The molecule has 2 heteroatoms. The maximum absolute atomic E-state index is 3.73. The lowest BCUT2D eigenvalue weighted by Crippen LogP contribution is -2.47. The molecule has 2 aliphatic carbocycles. The number of hydrogen-bond donors (Lipinski definition) is 1. The van der Waals surface area contributed by atoms with Crippen LogP contribution >= 0.6 is 0 Å². The third-order valence-electron chi connectivity index (χ3n) is 4.92. The highest BCUT2D eigenvalue weighted by molar-refractivity contribution is 4.92. The van der Waals surface area contributed by atoms with Crippen molar-refractivity contribution in [2.45, 2.75) is 71.9 Å². The molecule has 0 aliphatic heterocycles. The molecule has 0 aromatic heterocycles. The molecule has 0 bridgehead atoms. The lowest BCUT2D eigenvalue weighted by molar-refractivity contribution is 0.0995. The lowest BCUT2D eigenvalue weighted by atomic mass is 9.69. The van der Waals surface area contributed by atoms with E-state index in [1.165, 1.54) is 45.2 Å². The molecular formula is C16H32N2. The highest BCUT2D eigenvalue weighted by atomic mass is 15.2. The van der Waals surface area contributed by atoms with Crippen LogP contribution in [-0.2, 0) is 0 Å². The van der Waals surface area contributed by atoms with Crippen LogP contribution in [-0.4, -0.2) is 36.6 Å². The zero-order valence-corrected chi connectivity index (χ0v) is 12.8. The van der Waals surface area contributed by atoms with Crippen molar-refractivity contribution in [3.8, 4) is 0 Å². The second kappa shape index (κ2) is 5.92. The fraction of sp³-hybridized carbons (Fsp3) is 1.00. The number of rotatable bonds is 6. The summed E-state index contributed by atoms with van der Waals surface area (Å²) in [6, 6.07) is 1.68. The molecule has 18 heavy (non-hydrogen) atoms. The molecule has 1 N–H and O–H groups in total. The highest BCUT2D eigenvalue weighted by Gasteiger charge is 2.37. The van der Waals surface area contributed by atoms with E-state index in [1.54, 1.807) is 0 Å². The molecule has 0 radical (unpaired) electrons. The van der Waals surface area contributed by atoms with Crippen LogP contribution in [0.2, 0.25) is 0 Å². The van der Waals surface area contributed by atoms with E-state index in [4.69, 9.17) is 0 Å². The van der Waals surface area contributed by atoms with E-state index in [-0.39, 0.29) is 0 Å². The Morgan fingerprint density at radius 1 is 1.17 bits per heavy atom. The predicted octanol–water partition coefficient (Wildman–Crippen LogP) is 3.28. The van der Waals surface area contributed by atoms with Gasteiger partial charge in [-0.1, -0.05) is 27.7 Å². The first-order chi connectivity index (χ1) is 8.55. The molecule has 2 rings (SSSR count). The van der Waals surface area contributed by atoms with Gasteiger partial charge in [0.15, 0.2) is 0 Å². The molecule has 2 fully saturated rings. The zero-order chi connectivity index (χ0) is 13.2. The Labute approximate surface area is 114 Å². The van der Waals surface area contributed by atoms with E-state index >= 15 is 0 Å². The van der Waals surface area contributed by atoms with Crippen molar-refractivity contribution in [2.24, 2.45) is 11.3 Å². The van der Waals surface area contributed by atoms with Crippen LogP contribution in [0, 0.1) is 11.3 Å². The molecule has 0 aromatic rings. The predicted molar refractivity (Wildman–Crippen MR) is 78.9 cm³/mol. The summed E-state index contributed by atoms with van der Waals surface area (Å²) in [7, 11) is 0. The highest BCUT2D eigenvalue weighted by Crippen LogP contribution is 2.40. The van der Waals surface area contributed by atoms with Crippen LogP contribution in [0.15, 0.2) is 0 Å². The van der Waals surface area contributed by atoms with Gasteiger partial charge < -0.3 is 10.2 Å². The molecule has 2 saturated carbocycles. The van der Waals surface area contributed by atoms with Gasteiger partial charge in [0.05, 0.1) is 0 Å². The summed E-state index contributed by atoms with van der Waals surface area (Å²) in [6.45, 7) is 13.2. The molecular weight excluding hydrogens is 220 g/mol. The van der Waals surface area contributed by atoms with E-state index in [0.29, 0.717) is 5.41 Å². The number of nitrogens with one attached hydrogen (secondary N) is 1. The van der Waals surface area contributed by atoms with Gasteiger partial charge in [0.1, 0.15) is 0 Å². The van der Waals surface area contributed by atoms with Crippen LogP contribution in [0.5, 0.6) is 0 Å². The summed E-state index contributed by atoms with van der Waals surface area (Å²) in [6.07, 6.45) is 7.03.